The highest BCUT2D eigenvalue weighted by atomic mass is 16.5. The van der Waals surface area contributed by atoms with Gasteiger partial charge >= 0.3 is 5.97 Å². The van der Waals surface area contributed by atoms with Crippen molar-refractivity contribution in [3.8, 4) is 0 Å². The zero-order valence-electron chi connectivity index (χ0n) is 10.7. The molecule has 1 unspecified atom stereocenters. The minimum absolute atomic E-state index is 0.176. The fourth-order valence-corrected chi connectivity index (χ4v) is 1.84. The Balaban J connectivity index is 2.35. The SMILES string of the molecule is CCOC(=O)C(N)(Cn1cncn1)c1ccccc1. The molecule has 0 saturated carbocycles. The Bertz CT molecular complexity index is 527. The van der Waals surface area contributed by atoms with E-state index in [0.717, 1.165) is 0 Å². The van der Waals surface area contributed by atoms with Gasteiger partial charge in [-0.2, -0.15) is 5.10 Å². The van der Waals surface area contributed by atoms with E-state index in [2.05, 4.69) is 10.1 Å². The second-order valence-electron chi connectivity index (χ2n) is 4.15. The lowest BCUT2D eigenvalue weighted by molar-refractivity contribution is -0.150. The van der Waals surface area contributed by atoms with Gasteiger partial charge in [0.25, 0.3) is 0 Å². The molecule has 2 aromatic rings. The van der Waals surface area contributed by atoms with E-state index in [-0.39, 0.29) is 13.2 Å². The van der Waals surface area contributed by atoms with Crippen molar-refractivity contribution in [3.63, 3.8) is 0 Å². The first-order chi connectivity index (χ1) is 9.16. The van der Waals surface area contributed by atoms with Crippen LogP contribution in [0.4, 0.5) is 0 Å². The monoisotopic (exact) mass is 260 g/mol. The zero-order chi connectivity index (χ0) is 13.7. The van der Waals surface area contributed by atoms with Crippen molar-refractivity contribution in [2.45, 2.75) is 19.0 Å². The molecule has 2 N–H and O–H groups in total. The Morgan fingerprint density at radius 3 is 2.74 bits per heavy atom. The van der Waals surface area contributed by atoms with Gasteiger partial charge in [0.1, 0.15) is 12.7 Å². The average Bonchev–Trinajstić information content (AvgIpc) is 2.92. The smallest absolute Gasteiger partial charge is 0.332 e. The quantitative estimate of drug-likeness (QED) is 0.800. The summed E-state index contributed by atoms with van der Waals surface area (Å²) in [6.45, 7) is 2.20. The Labute approximate surface area is 111 Å². The van der Waals surface area contributed by atoms with Crippen LogP contribution < -0.4 is 5.73 Å². The number of hydrogen-bond donors (Lipinski definition) is 1. The van der Waals surface area contributed by atoms with Crippen LogP contribution in [0.25, 0.3) is 0 Å². The van der Waals surface area contributed by atoms with Crippen LogP contribution in [0, 0.1) is 0 Å². The van der Waals surface area contributed by atoms with E-state index in [1.165, 1.54) is 17.3 Å². The fourth-order valence-electron chi connectivity index (χ4n) is 1.84. The molecule has 1 aromatic heterocycles. The third-order valence-electron chi connectivity index (χ3n) is 2.81. The molecular formula is C13H16N4O2. The van der Waals surface area contributed by atoms with Crippen molar-refractivity contribution in [2.75, 3.05) is 6.61 Å². The third-order valence-corrected chi connectivity index (χ3v) is 2.81. The number of rotatable bonds is 5. The average molecular weight is 260 g/mol. The van der Waals surface area contributed by atoms with E-state index in [4.69, 9.17) is 10.5 Å². The summed E-state index contributed by atoms with van der Waals surface area (Å²) in [5, 5.41) is 3.99. The lowest BCUT2D eigenvalue weighted by Gasteiger charge is -2.27. The number of esters is 1. The lowest BCUT2D eigenvalue weighted by Crippen LogP contribution is -2.49. The molecule has 6 nitrogen and oxygen atoms in total. The number of ether oxygens (including phenoxy) is 1. The highest BCUT2D eigenvalue weighted by molar-refractivity contribution is 5.82. The van der Waals surface area contributed by atoms with Crippen molar-refractivity contribution >= 4 is 5.97 Å². The van der Waals surface area contributed by atoms with E-state index >= 15 is 0 Å². The Morgan fingerprint density at radius 2 is 2.16 bits per heavy atom. The number of carbonyl (C=O) groups excluding carboxylic acids is 1. The highest BCUT2D eigenvalue weighted by Crippen LogP contribution is 2.22. The van der Waals surface area contributed by atoms with Gasteiger partial charge in [0.05, 0.1) is 13.2 Å². The summed E-state index contributed by atoms with van der Waals surface area (Å²) < 4.78 is 6.60. The minimum atomic E-state index is -1.27. The second kappa shape index (κ2) is 5.62. The molecule has 1 aromatic carbocycles. The number of nitrogens with zero attached hydrogens (tertiary/aromatic N) is 3. The third kappa shape index (κ3) is 2.79. The molecular weight excluding hydrogens is 244 g/mol. The molecule has 2 rings (SSSR count). The van der Waals surface area contributed by atoms with E-state index < -0.39 is 11.5 Å². The Kier molecular flexibility index (Phi) is 3.91. The van der Waals surface area contributed by atoms with Crippen LogP contribution in [0.3, 0.4) is 0 Å². The summed E-state index contributed by atoms with van der Waals surface area (Å²) >= 11 is 0. The van der Waals surface area contributed by atoms with Gasteiger partial charge < -0.3 is 10.5 Å². The van der Waals surface area contributed by atoms with Gasteiger partial charge in [0, 0.05) is 0 Å². The van der Waals surface area contributed by atoms with Crippen molar-refractivity contribution < 1.29 is 9.53 Å². The minimum Gasteiger partial charge on any atom is -0.464 e. The summed E-state index contributed by atoms with van der Waals surface area (Å²) in [5.74, 6) is -0.475. The normalized spacial score (nSPS) is 13.8. The van der Waals surface area contributed by atoms with Gasteiger partial charge in [-0.25, -0.2) is 9.78 Å². The summed E-state index contributed by atoms with van der Waals surface area (Å²) in [6, 6.07) is 9.13. The van der Waals surface area contributed by atoms with Gasteiger partial charge in [-0.1, -0.05) is 30.3 Å². The predicted molar refractivity (Wildman–Crippen MR) is 69.0 cm³/mol. The molecule has 0 bridgehead atoms. The Hall–Kier alpha value is -2.21. The van der Waals surface area contributed by atoms with Crippen LogP contribution >= 0.6 is 0 Å². The number of hydrogen-bond acceptors (Lipinski definition) is 5. The maximum Gasteiger partial charge on any atom is 0.332 e. The summed E-state index contributed by atoms with van der Waals surface area (Å²) in [6.07, 6.45) is 2.92. The van der Waals surface area contributed by atoms with Gasteiger partial charge in [0.15, 0.2) is 5.54 Å². The number of aromatic nitrogens is 3. The molecule has 19 heavy (non-hydrogen) atoms. The molecule has 0 aliphatic rings. The molecule has 100 valence electrons. The summed E-state index contributed by atoms with van der Waals surface area (Å²) in [7, 11) is 0. The Morgan fingerprint density at radius 1 is 1.42 bits per heavy atom. The molecule has 0 saturated heterocycles. The molecule has 0 radical (unpaired) electrons. The standard InChI is InChI=1S/C13H16N4O2/c1-2-19-12(18)13(14,8-17-10-15-9-16-17)11-6-4-3-5-7-11/h3-7,9-10H,2,8,14H2,1H3. The van der Waals surface area contributed by atoms with Crippen molar-refractivity contribution in [3.05, 3.63) is 48.5 Å². The highest BCUT2D eigenvalue weighted by Gasteiger charge is 2.38. The number of carbonyl (C=O) groups is 1. The maximum atomic E-state index is 12.2. The molecule has 0 aliphatic heterocycles. The van der Waals surface area contributed by atoms with Crippen LogP contribution in [0.2, 0.25) is 0 Å². The molecule has 0 fully saturated rings. The van der Waals surface area contributed by atoms with E-state index in [1.807, 2.05) is 18.2 Å². The maximum absolute atomic E-state index is 12.2. The van der Waals surface area contributed by atoms with Gasteiger partial charge in [-0.15, -0.1) is 0 Å². The summed E-state index contributed by atoms with van der Waals surface area (Å²) in [5.41, 5.74) is 5.69. The van der Waals surface area contributed by atoms with Crippen LogP contribution in [0.15, 0.2) is 43.0 Å². The molecule has 0 spiro atoms. The fraction of sp³-hybridized carbons (Fsp3) is 0.308. The first kappa shape index (κ1) is 13.2. The van der Waals surface area contributed by atoms with Crippen molar-refractivity contribution in [1.82, 2.24) is 14.8 Å². The topological polar surface area (TPSA) is 83.0 Å². The molecule has 1 heterocycles. The second-order valence-corrected chi connectivity index (χ2v) is 4.15. The number of benzene rings is 1. The number of nitrogens with two attached hydrogens (primary N) is 1. The van der Waals surface area contributed by atoms with Crippen molar-refractivity contribution in [2.24, 2.45) is 5.73 Å². The first-order valence-corrected chi connectivity index (χ1v) is 6.01. The largest absolute Gasteiger partial charge is 0.464 e. The van der Waals surface area contributed by atoms with Gasteiger partial charge in [-0.3, -0.25) is 4.68 Å². The zero-order valence-corrected chi connectivity index (χ0v) is 10.7. The molecule has 0 aliphatic carbocycles. The molecule has 6 heteroatoms. The predicted octanol–water partition coefficient (Wildman–Crippen LogP) is 0.695. The van der Waals surface area contributed by atoms with Gasteiger partial charge in [-0.05, 0) is 12.5 Å². The van der Waals surface area contributed by atoms with Crippen LogP contribution in [0.1, 0.15) is 12.5 Å². The molecule has 0 amide bonds. The molecule has 1 atom stereocenters. The van der Waals surface area contributed by atoms with E-state index in [0.29, 0.717) is 5.56 Å². The summed E-state index contributed by atoms with van der Waals surface area (Å²) in [4.78, 5) is 16.0. The lowest BCUT2D eigenvalue weighted by atomic mass is 9.91. The van der Waals surface area contributed by atoms with E-state index in [9.17, 15) is 4.79 Å². The van der Waals surface area contributed by atoms with Gasteiger partial charge in [0.2, 0.25) is 0 Å². The first-order valence-electron chi connectivity index (χ1n) is 6.01. The van der Waals surface area contributed by atoms with Crippen molar-refractivity contribution in [1.29, 1.82) is 0 Å². The van der Waals surface area contributed by atoms with Crippen LogP contribution in [-0.4, -0.2) is 27.3 Å². The van der Waals surface area contributed by atoms with Crippen LogP contribution in [-0.2, 0) is 21.6 Å². The van der Waals surface area contributed by atoms with E-state index in [1.54, 1.807) is 19.1 Å². The van der Waals surface area contributed by atoms with Crippen LogP contribution in [0.5, 0.6) is 0 Å².